The van der Waals surface area contributed by atoms with Gasteiger partial charge in [-0.2, -0.15) is 0 Å². The van der Waals surface area contributed by atoms with Crippen molar-refractivity contribution < 1.29 is 9.47 Å². The first-order chi connectivity index (χ1) is 8.95. The number of ether oxygens (including phenoxy) is 2. The minimum Gasteiger partial charge on any atom is -0.383 e. The molecule has 0 aromatic rings. The van der Waals surface area contributed by atoms with Crippen molar-refractivity contribution in [3.63, 3.8) is 0 Å². The molecule has 0 radical (unpaired) electrons. The predicted octanol–water partition coefficient (Wildman–Crippen LogP) is 0.0364. The summed E-state index contributed by atoms with van der Waals surface area (Å²) in [6, 6.07) is 0.167. The summed E-state index contributed by atoms with van der Waals surface area (Å²) in [7, 11) is 1.67. The van der Waals surface area contributed by atoms with Crippen LogP contribution in [0.3, 0.4) is 0 Å². The van der Waals surface area contributed by atoms with Gasteiger partial charge in [0.05, 0.1) is 26.4 Å². The van der Waals surface area contributed by atoms with E-state index in [1.54, 1.807) is 7.11 Å². The lowest BCUT2D eigenvalue weighted by molar-refractivity contribution is -0.00683. The van der Waals surface area contributed by atoms with Gasteiger partial charge >= 0.3 is 0 Å². The molecule has 1 fully saturated rings. The van der Waals surface area contributed by atoms with Crippen molar-refractivity contribution in [1.82, 2.24) is 10.2 Å². The fourth-order valence-electron chi connectivity index (χ4n) is 2.14. The first kappa shape index (κ1) is 16.2. The molecule has 1 atom stereocenters. The SMILES string of the molecule is COCC(C)NC(N)=NCC(C)(C)N1CCOCC1. The Kier molecular flexibility index (Phi) is 6.54. The smallest absolute Gasteiger partial charge is 0.188 e. The summed E-state index contributed by atoms with van der Waals surface area (Å²) >= 11 is 0. The maximum absolute atomic E-state index is 5.88. The quantitative estimate of drug-likeness (QED) is 0.527. The summed E-state index contributed by atoms with van der Waals surface area (Å²) in [6.45, 7) is 11.2. The number of guanidine groups is 1. The van der Waals surface area contributed by atoms with Crippen LogP contribution in [0.1, 0.15) is 20.8 Å². The van der Waals surface area contributed by atoms with Gasteiger partial charge in [-0.15, -0.1) is 0 Å². The molecule has 0 aromatic heterocycles. The second kappa shape index (κ2) is 7.67. The highest BCUT2D eigenvalue weighted by Gasteiger charge is 2.27. The standard InChI is InChI=1S/C13H28N4O2/c1-11(9-18-4)16-12(14)15-10-13(2,3)17-5-7-19-8-6-17/h11H,5-10H2,1-4H3,(H3,14,15,16). The van der Waals surface area contributed by atoms with Gasteiger partial charge in [0.25, 0.3) is 0 Å². The van der Waals surface area contributed by atoms with E-state index in [0.29, 0.717) is 19.1 Å². The molecule has 6 heteroatoms. The largest absolute Gasteiger partial charge is 0.383 e. The van der Waals surface area contributed by atoms with Crippen molar-refractivity contribution in [2.75, 3.05) is 46.6 Å². The van der Waals surface area contributed by atoms with E-state index < -0.39 is 0 Å². The third kappa shape index (κ3) is 5.76. The highest BCUT2D eigenvalue weighted by atomic mass is 16.5. The molecule has 0 bridgehead atoms. The van der Waals surface area contributed by atoms with Crippen LogP contribution in [0.2, 0.25) is 0 Å². The summed E-state index contributed by atoms with van der Waals surface area (Å²) in [5.74, 6) is 0.478. The van der Waals surface area contributed by atoms with Crippen LogP contribution in [0.15, 0.2) is 4.99 Å². The van der Waals surface area contributed by atoms with Crippen LogP contribution in [0.25, 0.3) is 0 Å². The van der Waals surface area contributed by atoms with E-state index in [-0.39, 0.29) is 11.6 Å². The van der Waals surface area contributed by atoms with Crippen molar-refractivity contribution in [3.05, 3.63) is 0 Å². The predicted molar refractivity (Wildman–Crippen MR) is 77.4 cm³/mol. The number of rotatable bonds is 6. The maximum Gasteiger partial charge on any atom is 0.188 e. The monoisotopic (exact) mass is 272 g/mol. The molecule has 112 valence electrons. The summed E-state index contributed by atoms with van der Waals surface area (Å²) in [5, 5.41) is 3.12. The Hall–Kier alpha value is -0.850. The van der Waals surface area contributed by atoms with Crippen LogP contribution in [0, 0.1) is 0 Å². The lowest BCUT2D eigenvalue weighted by atomic mass is 10.0. The molecular formula is C13H28N4O2. The molecule has 3 N–H and O–H groups in total. The van der Waals surface area contributed by atoms with Crippen molar-refractivity contribution in [2.24, 2.45) is 10.7 Å². The Labute approximate surface area is 116 Å². The molecule has 19 heavy (non-hydrogen) atoms. The van der Waals surface area contributed by atoms with Crippen LogP contribution in [0.5, 0.6) is 0 Å². The van der Waals surface area contributed by atoms with Gasteiger partial charge in [-0.25, -0.2) is 0 Å². The van der Waals surface area contributed by atoms with Gasteiger partial charge in [0.15, 0.2) is 5.96 Å². The maximum atomic E-state index is 5.88. The van der Waals surface area contributed by atoms with Gasteiger partial charge in [-0.05, 0) is 20.8 Å². The Bertz CT molecular complexity index is 288. The van der Waals surface area contributed by atoms with E-state index in [9.17, 15) is 0 Å². The first-order valence-electron chi connectivity index (χ1n) is 6.84. The number of nitrogens with zero attached hydrogens (tertiary/aromatic N) is 2. The minimum atomic E-state index is 0.000570. The number of nitrogens with one attached hydrogen (secondary N) is 1. The average Bonchev–Trinajstić information content (AvgIpc) is 2.38. The van der Waals surface area contributed by atoms with Gasteiger partial charge in [-0.1, -0.05) is 0 Å². The summed E-state index contributed by atoms with van der Waals surface area (Å²) < 4.78 is 10.4. The molecule has 0 aliphatic carbocycles. The zero-order valence-electron chi connectivity index (χ0n) is 12.6. The van der Waals surface area contributed by atoms with Crippen LogP contribution in [-0.4, -0.2) is 69.0 Å². The van der Waals surface area contributed by atoms with Crippen molar-refractivity contribution in [3.8, 4) is 0 Å². The number of methoxy groups -OCH3 is 1. The molecule has 6 nitrogen and oxygen atoms in total. The molecular weight excluding hydrogens is 244 g/mol. The second-order valence-electron chi connectivity index (χ2n) is 5.61. The molecule has 1 unspecified atom stereocenters. The minimum absolute atomic E-state index is 0.000570. The van der Waals surface area contributed by atoms with E-state index in [1.165, 1.54) is 0 Å². The summed E-state index contributed by atoms with van der Waals surface area (Å²) in [4.78, 5) is 6.83. The van der Waals surface area contributed by atoms with E-state index in [1.807, 2.05) is 6.92 Å². The van der Waals surface area contributed by atoms with E-state index >= 15 is 0 Å². The molecule has 1 aliphatic heterocycles. The van der Waals surface area contributed by atoms with E-state index in [4.69, 9.17) is 15.2 Å². The molecule has 1 heterocycles. The molecule has 0 spiro atoms. The third-order valence-electron chi connectivity index (χ3n) is 3.31. The van der Waals surface area contributed by atoms with Crippen LogP contribution < -0.4 is 11.1 Å². The average molecular weight is 272 g/mol. The topological polar surface area (TPSA) is 72.1 Å². The highest BCUT2D eigenvalue weighted by molar-refractivity contribution is 5.78. The first-order valence-corrected chi connectivity index (χ1v) is 6.84. The molecule has 0 saturated carbocycles. The van der Waals surface area contributed by atoms with Crippen molar-refractivity contribution in [1.29, 1.82) is 0 Å². The highest BCUT2D eigenvalue weighted by Crippen LogP contribution is 2.16. The van der Waals surface area contributed by atoms with Gasteiger partial charge in [0, 0.05) is 31.8 Å². The number of hydrogen-bond donors (Lipinski definition) is 2. The molecule has 1 rings (SSSR count). The lowest BCUT2D eigenvalue weighted by Gasteiger charge is -2.39. The number of hydrogen-bond acceptors (Lipinski definition) is 4. The second-order valence-corrected chi connectivity index (χ2v) is 5.61. The fraction of sp³-hybridized carbons (Fsp3) is 0.923. The summed E-state index contributed by atoms with van der Waals surface area (Å²) in [5.41, 5.74) is 5.88. The Balaban J connectivity index is 2.43. The number of nitrogens with two attached hydrogens (primary N) is 1. The van der Waals surface area contributed by atoms with Gasteiger partial charge in [0.1, 0.15) is 0 Å². The fourth-order valence-corrected chi connectivity index (χ4v) is 2.14. The summed E-state index contributed by atoms with van der Waals surface area (Å²) in [6.07, 6.45) is 0. The van der Waals surface area contributed by atoms with E-state index in [0.717, 1.165) is 26.3 Å². The Morgan fingerprint density at radius 2 is 2.11 bits per heavy atom. The van der Waals surface area contributed by atoms with Crippen molar-refractivity contribution in [2.45, 2.75) is 32.4 Å². The van der Waals surface area contributed by atoms with E-state index in [2.05, 4.69) is 29.1 Å². The number of morpholine rings is 1. The van der Waals surface area contributed by atoms with Crippen LogP contribution in [0.4, 0.5) is 0 Å². The molecule has 1 saturated heterocycles. The van der Waals surface area contributed by atoms with Gasteiger partial charge < -0.3 is 20.5 Å². The molecule has 1 aliphatic rings. The van der Waals surface area contributed by atoms with Crippen molar-refractivity contribution >= 4 is 5.96 Å². The zero-order valence-corrected chi connectivity index (χ0v) is 12.6. The van der Waals surface area contributed by atoms with Gasteiger partial charge in [-0.3, -0.25) is 9.89 Å². The Morgan fingerprint density at radius 3 is 2.68 bits per heavy atom. The Morgan fingerprint density at radius 1 is 1.47 bits per heavy atom. The van der Waals surface area contributed by atoms with Crippen LogP contribution >= 0.6 is 0 Å². The molecule has 0 aromatic carbocycles. The number of aliphatic imine (C=N–C) groups is 1. The third-order valence-corrected chi connectivity index (χ3v) is 3.31. The zero-order chi connectivity index (χ0) is 14.3. The normalized spacial score (nSPS) is 20.3. The molecule has 0 amide bonds. The van der Waals surface area contributed by atoms with Gasteiger partial charge in [0.2, 0.25) is 0 Å². The van der Waals surface area contributed by atoms with Crippen LogP contribution in [-0.2, 0) is 9.47 Å². The lowest BCUT2D eigenvalue weighted by Crippen LogP contribution is -2.52.